The molecule has 3 aromatic rings. The SMILES string of the molecule is Cc1ccc(S(=O)(=O)Nc2ccc(Cl)cc2)cc1NS(=O)(=O)c1cc(F)ccc1F. The fourth-order valence-electron chi connectivity index (χ4n) is 2.49. The molecule has 3 aromatic carbocycles. The smallest absolute Gasteiger partial charge is 0.264 e. The maximum Gasteiger partial charge on any atom is 0.264 e. The molecule has 3 rings (SSSR count). The molecule has 30 heavy (non-hydrogen) atoms. The number of hydrogen-bond acceptors (Lipinski definition) is 4. The van der Waals surface area contributed by atoms with E-state index >= 15 is 0 Å². The van der Waals surface area contributed by atoms with E-state index in [2.05, 4.69) is 9.44 Å². The lowest BCUT2D eigenvalue weighted by Gasteiger charge is -2.14. The Morgan fingerprint density at radius 3 is 2.13 bits per heavy atom. The maximum atomic E-state index is 13.9. The topological polar surface area (TPSA) is 92.3 Å². The summed E-state index contributed by atoms with van der Waals surface area (Å²) in [6.45, 7) is 1.53. The molecule has 0 atom stereocenters. The number of rotatable bonds is 6. The molecule has 0 saturated heterocycles. The van der Waals surface area contributed by atoms with Crippen molar-refractivity contribution in [1.29, 1.82) is 0 Å². The van der Waals surface area contributed by atoms with E-state index in [-0.39, 0.29) is 16.3 Å². The lowest BCUT2D eigenvalue weighted by molar-refractivity contribution is 0.555. The minimum Gasteiger partial charge on any atom is -0.280 e. The Morgan fingerprint density at radius 2 is 1.47 bits per heavy atom. The van der Waals surface area contributed by atoms with Crippen LogP contribution in [0.3, 0.4) is 0 Å². The predicted molar refractivity (Wildman–Crippen MR) is 111 cm³/mol. The van der Waals surface area contributed by atoms with Crippen molar-refractivity contribution < 1.29 is 25.6 Å². The highest BCUT2D eigenvalue weighted by Gasteiger charge is 2.22. The highest BCUT2D eigenvalue weighted by atomic mass is 35.5. The van der Waals surface area contributed by atoms with Gasteiger partial charge in [-0.15, -0.1) is 0 Å². The van der Waals surface area contributed by atoms with Crippen LogP contribution in [0.15, 0.2) is 70.5 Å². The average molecular weight is 473 g/mol. The molecule has 0 amide bonds. The predicted octanol–water partition coefficient (Wildman–Crippen LogP) is 4.53. The molecule has 0 unspecified atom stereocenters. The Hall–Kier alpha value is -2.69. The van der Waals surface area contributed by atoms with Gasteiger partial charge in [-0.05, 0) is 67.1 Å². The van der Waals surface area contributed by atoms with Crippen LogP contribution in [0.1, 0.15) is 5.56 Å². The van der Waals surface area contributed by atoms with Crippen LogP contribution in [0.4, 0.5) is 20.2 Å². The number of nitrogens with one attached hydrogen (secondary N) is 2. The second-order valence-corrected chi connectivity index (χ2v) is 10.0. The fourth-order valence-corrected chi connectivity index (χ4v) is 4.92. The van der Waals surface area contributed by atoms with Gasteiger partial charge in [-0.25, -0.2) is 25.6 Å². The Bertz CT molecular complexity index is 1310. The molecule has 0 aliphatic heterocycles. The first-order chi connectivity index (χ1) is 14.0. The summed E-state index contributed by atoms with van der Waals surface area (Å²) in [6, 6.07) is 11.7. The van der Waals surface area contributed by atoms with Crippen molar-refractivity contribution in [2.45, 2.75) is 16.7 Å². The van der Waals surface area contributed by atoms with Crippen molar-refractivity contribution >= 4 is 43.0 Å². The molecule has 0 bridgehead atoms. The molecule has 6 nitrogen and oxygen atoms in total. The van der Waals surface area contributed by atoms with Gasteiger partial charge in [0.1, 0.15) is 16.5 Å². The van der Waals surface area contributed by atoms with E-state index in [1.807, 2.05) is 0 Å². The Kier molecular flexibility index (Phi) is 6.02. The number of anilines is 2. The summed E-state index contributed by atoms with van der Waals surface area (Å²) >= 11 is 5.78. The third-order valence-corrected chi connectivity index (χ3v) is 7.05. The number of halogens is 3. The molecule has 0 spiro atoms. The number of aryl methyl sites for hydroxylation is 1. The van der Waals surface area contributed by atoms with Gasteiger partial charge < -0.3 is 0 Å². The van der Waals surface area contributed by atoms with Gasteiger partial charge in [0.15, 0.2) is 0 Å². The monoisotopic (exact) mass is 472 g/mol. The standard InChI is InChI=1S/C19H15ClF2N2O4S2/c1-12-2-8-16(29(25,26)23-15-6-3-13(20)4-7-15)11-18(12)24-30(27,28)19-10-14(21)5-9-17(19)22/h2-11,23-24H,1H3. The van der Waals surface area contributed by atoms with Gasteiger partial charge in [0.2, 0.25) is 0 Å². The zero-order chi connectivity index (χ0) is 22.1. The van der Waals surface area contributed by atoms with Crippen LogP contribution in [0.5, 0.6) is 0 Å². The first-order valence-corrected chi connectivity index (χ1v) is 11.7. The first kappa shape index (κ1) is 22.0. The maximum absolute atomic E-state index is 13.9. The lowest BCUT2D eigenvalue weighted by Crippen LogP contribution is -2.17. The van der Waals surface area contributed by atoms with Crippen LogP contribution in [-0.4, -0.2) is 16.8 Å². The molecule has 2 N–H and O–H groups in total. The normalized spacial score (nSPS) is 11.9. The van der Waals surface area contributed by atoms with E-state index in [0.29, 0.717) is 22.7 Å². The summed E-state index contributed by atoms with van der Waals surface area (Å²) in [6.07, 6.45) is 0. The molecule has 0 radical (unpaired) electrons. The number of sulfonamides is 2. The largest absolute Gasteiger partial charge is 0.280 e. The van der Waals surface area contributed by atoms with Gasteiger partial charge >= 0.3 is 0 Å². The Balaban J connectivity index is 1.95. The highest BCUT2D eigenvalue weighted by molar-refractivity contribution is 7.93. The van der Waals surface area contributed by atoms with Gasteiger partial charge in [-0.2, -0.15) is 0 Å². The highest BCUT2D eigenvalue weighted by Crippen LogP contribution is 2.26. The molecule has 11 heteroatoms. The van der Waals surface area contributed by atoms with Crippen LogP contribution < -0.4 is 9.44 Å². The lowest BCUT2D eigenvalue weighted by atomic mass is 10.2. The summed E-state index contributed by atoms with van der Waals surface area (Å²) in [7, 11) is -8.57. The molecule has 158 valence electrons. The fraction of sp³-hybridized carbons (Fsp3) is 0.0526. The zero-order valence-electron chi connectivity index (χ0n) is 15.4. The zero-order valence-corrected chi connectivity index (χ0v) is 17.7. The average Bonchev–Trinajstić information content (AvgIpc) is 2.67. The minimum absolute atomic E-state index is 0.0994. The van der Waals surface area contributed by atoms with Crippen LogP contribution in [0.25, 0.3) is 0 Å². The molecular formula is C19H15ClF2N2O4S2. The van der Waals surface area contributed by atoms with E-state index in [9.17, 15) is 25.6 Å². The third-order valence-electron chi connectivity index (χ3n) is 4.04. The van der Waals surface area contributed by atoms with Crippen molar-refractivity contribution in [1.82, 2.24) is 0 Å². The van der Waals surface area contributed by atoms with Gasteiger partial charge in [-0.1, -0.05) is 17.7 Å². The number of benzene rings is 3. The second kappa shape index (κ2) is 8.21. The molecule has 0 fully saturated rings. The first-order valence-electron chi connectivity index (χ1n) is 8.35. The second-order valence-electron chi connectivity index (χ2n) is 6.27. The Labute approximate surface area is 177 Å². The van der Waals surface area contributed by atoms with E-state index in [0.717, 1.165) is 12.1 Å². The van der Waals surface area contributed by atoms with Crippen molar-refractivity contribution in [3.8, 4) is 0 Å². The third kappa shape index (κ3) is 4.89. The summed E-state index contributed by atoms with van der Waals surface area (Å²) < 4.78 is 82.1. The van der Waals surface area contributed by atoms with E-state index in [1.54, 1.807) is 0 Å². The number of hydrogen-bond donors (Lipinski definition) is 2. The van der Waals surface area contributed by atoms with Crippen molar-refractivity contribution in [3.63, 3.8) is 0 Å². The van der Waals surface area contributed by atoms with Crippen LogP contribution >= 0.6 is 11.6 Å². The minimum atomic E-state index is -4.51. The molecule has 0 aromatic heterocycles. The van der Waals surface area contributed by atoms with Gasteiger partial charge in [0.05, 0.1) is 10.6 Å². The van der Waals surface area contributed by atoms with Crippen LogP contribution in [0.2, 0.25) is 5.02 Å². The quantitative estimate of drug-likeness (QED) is 0.551. The van der Waals surface area contributed by atoms with Crippen LogP contribution in [-0.2, 0) is 20.0 Å². The summed E-state index contributed by atoms with van der Waals surface area (Å²) in [4.78, 5) is -1.13. The van der Waals surface area contributed by atoms with Crippen molar-refractivity contribution in [2.75, 3.05) is 9.44 Å². The summed E-state index contributed by atoms with van der Waals surface area (Å²) in [5.74, 6) is -2.08. The van der Waals surface area contributed by atoms with E-state index < -0.39 is 36.6 Å². The van der Waals surface area contributed by atoms with Crippen molar-refractivity contribution in [3.05, 3.63) is 82.9 Å². The summed E-state index contributed by atoms with van der Waals surface area (Å²) in [5.41, 5.74) is 0.530. The molecular weight excluding hydrogens is 458 g/mol. The van der Waals surface area contributed by atoms with Crippen LogP contribution in [0, 0.1) is 18.6 Å². The Morgan fingerprint density at radius 1 is 0.800 bits per heavy atom. The van der Waals surface area contributed by atoms with Gasteiger partial charge in [0.25, 0.3) is 20.0 Å². The summed E-state index contributed by atoms with van der Waals surface area (Å²) in [5, 5.41) is 0.426. The molecule has 0 aliphatic rings. The van der Waals surface area contributed by atoms with Gasteiger partial charge in [0, 0.05) is 10.7 Å². The molecule has 0 aliphatic carbocycles. The van der Waals surface area contributed by atoms with Gasteiger partial charge in [-0.3, -0.25) is 9.44 Å². The van der Waals surface area contributed by atoms with Crippen molar-refractivity contribution in [2.24, 2.45) is 0 Å². The molecule has 0 saturated carbocycles. The molecule has 0 heterocycles. The van der Waals surface area contributed by atoms with E-state index in [1.165, 1.54) is 43.3 Å². The van der Waals surface area contributed by atoms with E-state index in [4.69, 9.17) is 11.6 Å².